The minimum atomic E-state index is -1.48. The molecule has 2 aromatic rings. The number of ketones is 1. The van der Waals surface area contributed by atoms with Crippen molar-refractivity contribution in [3.05, 3.63) is 77.4 Å². The summed E-state index contributed by atoms with van der Waals surface area (Å²) in [6.45, 7) is -0.740. The molecule has 0 bridgehead atoms. The van der Waals surface area contributed by atoms with Crippen molar-refractivity contribution >= 4 is 23.4 Å². The molecule has 1 fully saturated rings. The number of benzene rings is 2. The number of carboxylic acid groups (broad SMARTS) is 1. The molecule has 1 amide bonds. The van der Waals surface area contributed by atoms with E-state index in [0.717, 1.165) is 4.90 Å². The average Bonchev–Trinajstić information content (AvgIpc) is 2.87. The van der Waals surface area contributed by atoms with Crippen LogP contribution >= 0.6 is 0 Å². The molecule has 1 heterocycles. The Morgan fingerprint density at radius 1 is 1.00 bits per heavy atom. The van der Waals surface area contributed by atoms with Crippen LogP contribution in [0.25, 0.3) is 5.76 Å². The average molecular weight is 336 g/mol. The molecule has 0 unspecified atom stereocenters. The Bertz CT molecular complexity index is 858. The maximum Gasteiger partial charge on any atom is 0.295 e. The summed E-state index contributed by atoms with van der Waals surface area (Å²) < 4.78 is 0. The minimum Gasteiger partial charge on any atom is -0.548 e. The molecule has 0 aliphatic carbocycles. The van der Waals surface area contributed by atoms with Crippen molar-refractivity contribution in [2.45, 2.75) is 6.04 Å². The number of carbonyl (C=O) groups is 3. The number of hydrogen-bond acceptors (Lipinski definition) is 5. The Morgan fingerprint density at radius 3 is 2.12 bits per heavy atom. The summed E-state index contributed by atoms with van der Waals surface area (Å²) >= 11 is 0. The lowest BCUT2D eigenvalue weighted by atomic mass is 9.95. The molecular weight excluding hydrogens is 322 g/mol. The standard InChI is InChI=1S/C19H15NO5/c21-14(22)11-20-16(12-7-3-1-4-8-12)15(18(24)19(20)25)17(23)13-9-5-2-6-10-13/h1-10,16,23H,11H2,(H,21,22)/p-1/t16-/m1/s1. The maximum atomic E-state index is 12.5. The number of likely N-dealkylation sites (tertiary alicyclic amines) is 1. The molecule has 126 valence electrons. The second kappa shape index (κ2) is 6.60. The van der Waals surface area contributed by atoms with Crippen molar-refractivity contribution in [2.24, 2.45) is 0 Å². The van der Waals surface area contributed by atoms with Gasteiger partial charge in [0.05, 0.1) is 24.1 Å². The Kier molecular flexibility index (Phi) is 4.35. The van der Waals surface area contributed by atoms with E-state index in [4.69, 9.17) is 0 Å². The fraction of sp³-hybridized carbons (Fsp3) is 0.105. The van der Waals surface area contributed by atoms with Gasteiger partial charge in [-0.15, -0.1) is 0 Å². The number of aliphatic hydroxyl groups is 1. The zero-order valence-electron chi connectivity index (χ0n) is 13.1. The van der Waals surface area contributed by atoms with Crippen molar-refractivity contribution in [1.29, 1.82) is 0 Å². The fourth-order valence-electron chi connectivity index (χ4n) is 2.92. The van der Waals surface area contributed by atoms with E-state index in [-0.39, 0.29) is 11.3 Å². The molecule has 3 rings (SSSR count). The van der Waals surface area contributed by atoms with Crippen LogP contribution in [0.2, 0.25) is 0 Å². The van der Waals surface area contributed by atoms with Crippen LogP contribution in [-0.2, 0) is 14.4 Å². The molecule has 1 saturated heterocycles. The van der Waals surface area contributed by atoms with E-state index >= 15 is 0 Å². The summed E-state index contributed by atoms with van der Waals surface area (Å²) in [5.41, 5.74) is 0.763. The monoisotopic (exact) mass is 336 g/mol. The largest absolute Gasteiger partial charge is 0.548 e. The first-order valence-electron chi connectivity index (χ1n) is 7.59. The first kappa shape index (κ1) is 16.4. The maximum absolute atomic E-state index is 12.5. The summed E-state index contributed by atoms with van der Waals surface area (Å²) in [7, 11) is 0. The lowest BCUT2D eigenvalue weighted by Gasteiger charge is -2.25. The van der Waals surface area contributed by atoms with Gasteiger partial charge in [0.2, 0.25) is 0 Å². The molecule has 1 aliphatic rings. The second-order valence-electron chi connectivity index (χ2n) is 5.58. The number of rotatable bonds is 4. The molecule has 2 aromatic carbocycles. The van der Waals surface area contributed by atoms with Crippen LogP contribution in [0.4, 0.5) is 0 Å². The van der Waals surface area contributed by atoms with E-state index in [0.29, 0.717) is 11.1 Å². The summed E-state index contributed by atoms with van der Waals surface area (Å²) in [6, 6.07) is 15.8. The zero-order valence-corrected chi connectivity index (χ0v) is 13.1. The quantitative estimate of drug-likeness (QED) is 0.507. The van der Waals surface area contributed by atoms with Crippen molar-refractivity contribution in [2.75, 3.05) is 6.54 Å². The van der Waals surface area contributed by atoms with Gasteiger partial charge < -0.3 is 19.9 Å². The third-order valence-corrected chi connectivity index (χ3v) is 4.00. The highest BCUT2D eigenvalue weighted by atomic mass is 16.4. The van der Waals surface area contributed by atoms with Crippen molar-refractivity contribution in [3.63, 3.8) is 0 Å². The number of carboxylic acids is 1. The molecule has 0 saturated carbocycles. The van der Waals surface area contributed by atoms with E-state index in [1.54, 1.807) is 60.7 Å². The van der Waals surface area contributed by atoms with Crippen LogP contribution in [0, 0.1) is 0 Å². The number of aliphatic carboxylic acids is 1. The van der Waals surface area contributed by atoms with E-state index in [2.05, 4.69) is 0 Å². The lowest BCUT2D eigenvalue weighted by Crippen LogP contribution is -2.40. The van der Waals surface area contributed by atoms with Crippen molar-refractivity contribution in [1.82, 2.24) is 4.90 Å². The lowest BCUT2D eigenvalue weighted by molar-refractivity contribution is -0.306. The van der Waals surface area contributed by atoms with Crippen molar-refractivity contribution < 1.29 is 24.6 Å². The topological polar surface area (TPSA) is 97.7 Å². The molecule has 25 heavy (non-hydrogen) atoms. The van der Waals surface area contributed by atoms with Gasteiger partial charge in [0.15, 0.2) is 0 Å². The van der Waals surface area contributed by atoms with Gasteiger partial charge in [0, 0.05) is 5.56 Å². The molecule has 6 nitrogen and oxygen atoms in total. The number of hydrogen-bond donors (Lipinski definition) is 1. The predicted molar refractivity (Wildman–Crippen MR) is 86.9 cm³/mol. The summed E-state index contributed by atoms with van der Waals surface area (Å²) in [4.78, 5) is 36.7. The summed E-state index contributed by atoms with van der Waals surface area (Å²) in [6.07, 6.45) is 0. The Hall–Kier alpha value is -3.41. The highest BCUT2D eigenvalue weighted by molar-refractivity contribution is 6.46. The van der Waals surface area contributed by atoms with Crippen LogP contribution in [0.15, 0.2) is 66.2 Å². The SMILES string of the molecule is O=C([O-])CN1C(=O)C(=O)C(=C(O)c2ccccc2)[C@H]1c1ccccc1. The predicted octanol–water partition coefficient (Wildman–Crippen LogP) is 0.858. The van der Waals surface area contributed by atoms with Gasteiger partial charge in [0.1, 0.15) is 5.76 Å². The highest BCUT2D eigenvalue weighted by Crippen LogP contribution is 2.38. The van der Waals surface area contributed by atoms with E-state index in [1.807, 2.05) is 0 Å². The van der Waals surface area contributed by atoms with Gasteiger partial charge in [-0.25, -0.2) is 0 Å². The molecule has 0 spiro atoms. The molecule has 0 radical (unpaired) electrons. The van der Waals surface area contributed by atoms with Gasteiger partial charge in [-0.2, -0.15) is 0 Å². The molecule has 0 aromatic heterocycles. The third-order valence-electron chi connectivity index (χ3n) is 4.00. The number of nitrogens with zero attached hydrogens (tertiary/aromatic N) is 1. The van der Waals surface area contributed by atoms with E-state index in [9.17, 15) is 24.6 Å². The van der Waals surface area contributed by atoms with Crippen LogP contribution in [0.1, 0.15) is 17.2 Å². The zero-order chi connectivity index (χ0) is 18.0. The second-order valence-corrected chi connectivity index (χ2v) is 5.58. The molecule has 1 atom stereocenters. The molecule has 1 N–H and O–H groups in total. The molecular formula is C19H14NO5-. The van der Waals surface area contributed by atoms with Gasteiger partial charge in [-0.3, -0.25) is 9.59 Å². The summed E-state index contributed by atoms with van der Waals surface area (Å²) in [5, 5.41) is 21.6. The number of Topliss-reactive ketones (excluding diaryl/α,β-unsaturated/α-hetero) is 1. The number of amides is 1. The molecule has 6 heteroatoms. The highest BCUT2D eigenvalue weighted by Gasteiger charge is 2.45. The number of carbonyl (C=O) groups excluding carboxylic acids is 3. The van der Waals surface area contributed by atoms with Crippen LogP contribution < -0.4 is 5.11 Å². The van der Waals surface area contributed by atoms with Gasteiger partial charge in [-0.1, -0.05) is 60.7 Å². The molecule has 1 aliphatic heterocycles. The fourth-order valence-corrected chi connectivity index (χ4v) is 2.92. The van der Waals surface area contributed by atoms with Crippen LogP contribution in [-0.4, -0.2) is 34.2 Å². The number of aliphatic hydroxyl groups excluding tert-OH is 1. The first-order chi connectivity index (χ1) is 12.0. The van der Waals surface area contributed by atoms with Crippen LogP contribution in [0.5, 0.6) is 0 Å². The Morgan fingerprint density at radius 2 is 1.56 bits per heavy atom. The summed E-state index contributed by atoms with van der Waals surface area (Å²) in [5.74, 6) is -3.72. The smallest absolute Gasteiger partial charge is 0.295 e. The Labute approximate surface area is 143 Å². The van der Waals surface area contributed by atoms with E-state index in [1.165, 1.54) is 0 Å². The van der Waals surface area contributed by atoms with Crippen LogP contribution in [0.3, 0.4) is 0 Å². The minimum absolute atomic E-state index is 0.136. The van der Waals surface area contributed by atoms with Gasteiger partial charge in [0.25, 0.3) is 11.7 Å². The van der Waals surface area contributed by atoms with E-state index < -0.39 is 30.2 Å². The van der Waals surface area contributed by atoms with Gasteiger partial charge >= 0.3 is 0 Å². The third kappa shape index (κ3) is 3.01. The first-order valence-corrected chi connectivity index (χ1v) is 7.59. The Balaban J connectivity index is 2.19. The van der Waals surface area contributed by atoms with Gasteiger partial charge in [-0.05, 0) is 5.56 Å². The normalized spacial score (nSPS) is 19.2. The van der Waals surface area contributed by atoms with Crippen molar-refractivity contribution in [3.8, 4) is 0 Å².